The van der Waals surface area contributed by atoms with Crippen LogP contribution in [0.1, 0.15) is 28.4 Å². The summed E-state index contributed by atoms with van der Waals surface area (Å²) >= 11 is 0. The first-order chi connectivity index (χ1) is 9.52. The SMILES string of the molecule is CCOc1cncc(-c2cc(C(=O)O)c(C)cc2C)c1. The molecule has 1 heterocycles. The molecule has 2 rings (SSSR count). The van der Waals surface area contributed by atoms with Crippen molar-refractivity contribution in [1.29, 1.82) is 0 Å². The third kappa shape index (κ3) is 2.79. The molecule has 20 heavy (non-hydrogen) atoms. The second-order valence-electron chi connectivity index (χ2n) is 4.63. The minimum atomic E-state index is -0.919. The molecule has 0 aliphatic rings. The van der Waals surface area contributed by atoms with E-state index in [4.69, 9.17) is 4.74 Å². The smallest absolute Gasteiger partial charge is 0.335 e. The Morgan fingerprint density at radius 2 is 1.95 bits per heavy atom. The molecule has 0 spiro atoms. The van der Waals surface area contributed by atoms with E-state index in [1.54, 1.807) is 25.4 Å². The number of aromatic carboxylic acids is 1. The van der Waals surface area contributed by atoms with Gasteiger partial charge in [0.2, 0.25) is 0 Å². The zero-order valence-electron chi connectivity index (χ0n) is 11.8. The van der Waals surface area contributed by atoms with E-state index >= 15 is 0 Å². The average Bonchev–Trinajstić information content (AvgIpc) is 2.39. The molecule has 0 unspecified atom stereocenters. The number of hydrogen-bond acceptors (Lipinski definition) is 3. The Labute approximate surface area is 118 Å². The van der Waals surface area contributed by atoms with E-state index in [0.29, 0.717) is 17.9 Å². The number of ether oxygens (including phenoxy) is 1. The van der Waals surface area contributed by atoms with Gasteiger partial charge in [0.1, 0.15) is 5.75 Å². The van der Waals surface area contributed by atoms with Gasteiger partial charge in [-0.3, -0.25) is 4.98 Å². The molecule has 1 aromatic carbocycles. The van der Waals surface area contributed by atoms with E-state index in [1.807, 2.05) is 26.0 Å². The number of rotatable bonds is 4. The highest BCUT2D eigenvalue weighted by molar-refractivity contribution is 5.91. The van der Waals surface area contributed by atoms with Crippen LogP contribution in [0.5, 0.6) is 5.75 Å². The Balaban J connectivity index is 2.54. The molecule has 0 fully saturated rings. The number of aromatic nitrogens is 1. The summed E-state index contributed by atoms with van der Waals surface area (Å²) in [5.74, 6) is -0.237. The van der Waals surface area contributed by atoms with Gasteiger partial charge in [0.15, 0.2) is 0 Å². The molecule has 0 amide bonds. The fourth-order valence-electron chi connectivity index (χ4n) is 2.21. The average molecular weight is 271 g/mol. The summed E-state index contributed by atoms with van der Waals surface area (Å²) in [4.78, 5) is 15.4. The summed E-state index contributed by atoms with van der Waals surface area (Å²) < 4.78 is 5.43. The van der Waals surface area contributed by atoms with Crippen molar-refractivity contribution in [3.63, 3.8) is 0 Å². The number of hydrogen-bond donors (Lipinski definition) is 1. The normalized spacial score (nSPS) is 10.3. The van der Waals surface area contributed by atoms with Gasteiger partial charge < -0.3 is 9.84 Å². The molecular weight excluding hydrogens is 254 g/mol. The second-order valence-corrected chi connectivity index (χ2v) is 4.63. The third-order valence-corrected chi connectivity index (χ3v) is 3.14. The van der Waals surface area contributed by atoms with Crippen molar-refractivity contribution in [2.75, 3.05) is 6.61 Å². The number of carboxylic acid groups (broad SMARTS) is 1. The molecule has 0 aliphatic carbocycles. The Bertz CT molecular complexity index is 650. The van der Waals surface area contributed by atoms with Crippen molar-refractivity contribution < 1.29 is 14.6 Å². The van der Waals surface area contributed by atoms with Gasteiger partial charge >= 0.3 is 5.97 Å². The van der Waals surface area contributed by atoms with Gasteiger partial charge in [0, 0.05) is 11.8 Å². The van der Waals surface area contributed by atoms with Crippen molar-refractivity contribution in [2.24, 2.45) is 0 Å². The maximum atomic E-state index is 11.2. The summed E-state index contributed by atoms with van der Waals surface area (Å²) in [6, 6.07) is 5.45. The van der Waals surface area contributed by atoms with Crippen LogP contribution in [0.2, 0.25) is 0 Å². The van der Waals surface area contributed by atoms with Crippen LogP contribution < -0.4 is 4.74 Å². The first kappa shape index (κ1) is 14.1. The van der Waals surface area contributed by atoms with Crippen molar-refractivity contribution in [3.8, 4) is 16.9 Å². The number of nitrogens with zero attached hydrogens (tertiary/aromatic N) is 1. The quantitative estimate of drug-likeness (QED) is 0.925. The Hall–Kier alpha value is -2.36. The van der Waals surface area contributed by atoms with Crippen LogP contribution in [0.15, 0.2) is 30.6 Å². The highest BCUT2D eigenvalue weighted by atomic mass is 16.5. The Morgan fingerprint density at radius 3 is 2.60 bits per heavy atom. The predicted molar refractivity (Wildman–Crippen MR) is 77.3 cm³/mol. The monoisotopic (exact) mass is 271 g/mol. The van der Waals surface area contributed by atoms with Crippen LogP contribution in [0, 0.1) is 13.8 Å². The lowest BCUT2D eigenvalue weighted by molar-refractivity contribution is 0.0696. The molecular formula is C16H17NO3. The van der Waals surface area contributed by atoms with Crippen molar-refractivity contribution >= 4 is 5.97 Å². The first-order valence-corrected chi connectivity index (χ1v) is 6.45. The minimum absolute atomic E-state index is 0.312. The zero-order chi connectivity index (χ0) is 14.7. The van der Waals surface area contributed by atoms with Gasteiger partial charge in [-0.25, -0.2) is 4.79 Å². The molecule has 4 heteroatoms. The first-order valence-electron chi connectivity index (χ1n) is 6.45. The van der Waals surface area contributed by atoms with E-state index < -0.39 is 5.97 Å². The highest BCUT2D eigenvalue weighted by Crippen LogP contribution is 2.28. The summed E-state index contributed by atoms with van der Waals surface area (Å²) in [6.07, 6.45) is 3.36. The summed E-state index contributed by atoms with van der Waals surface area (Å²) in [6.45, 7) is 6.24. The molecule has 0 saturated heterocycles. The predicted octanol–water partition coefficient (Wildman–Crippen LogP) is 3.46. The van der Waals surface area contributed by atoms with Crippen LogP contribution in [-0.2, 0) is 0 Å². The van der Waals surface area contributed by atoms with Gasteiger partial charge in [0.05, 0.1) is 18.4 Å². The number of pyridine rings is 1. The third-order valence-electron chi connectivity index (χ3n) is 3.14. The van der Waals surface area contributed by atoms with Gasteiger partial charge in [-0.2, -0.15) is 0 Å². The zero-order valence-corrected chi connectivity index (χ0v) is 11.8. The van der Waals surface area contributed by atoms with E-state index in [2.05, 4.69) is 4.98 Å². The van der Waals surface area contributed by atoms with Crippen LogP contribution >= 0.6 is 0 Å². The van der Waals surface area contributed by atoms with E-state index in [-0.39, 0.29) is 0 Å². The van der Waals surface area contributed by atoms with E-state index in [9.17, 15) is 9.90 Å². The lowest BCUT2D eigenvalue weighted by Gasteiger charge is -2.11. The number of benzene rings is 1. The molecule has 0 aliphatic heterocycles. The topological polar surface area (TPSA) is 59.4 Å². The van der Waals surface area contributed by atoms with Crippen LogP contribution in [-0.4, -0.2) is 22.7 Å². The molecule has 0 saturated carbocycles. The lowest BCUT2D eigenvalue weighted by atomic mass is 9.96. The van der Waals surface area contributed by atoms with Gasteiger partial charge in [-0.05, 0) is 49.6 Å². The van der Waals surface area contributed by atoms with Crippen LogP contribution in [0.3, 0.4) is 0 Å². The fourth-order valence-corrected chi connectivity index (χ4v) is 2.21. The van der Waals surface area contributed by atoms with Crippen molar-refractivity contribution in [1.82, 2.24) is 4.98 Å². The molecule has 2 aromatic rings. The maximum Gasteiger partial charge on any atom is 0.335 e. The van der Waals surface area contributed by atoms with Crippen LogP contribution in [0.25, 0.3) is 11.1 Å². The number of aryl methyl sites for hydroxylation is 2. The largest absolute Gasteiger partial charge is 0.492 e. The van der Waals surface area contributed by atoms with Gasteiger partial charge in [0.25, 0.3) is 0 Å². The molecule has 1 aromatic heterocycles. The standard InChI is InChI=1S/C16H17NO3/c1-4-20-13-6-12(8-17-9-13)14-7-15(16(18)19)11(3)5-10(14)2/h5-9H,4H2,1-3H3,(H,18,19). The lowest BCUT2D eigenvalue weighted by Crippen LogP contribution is -2.01. The van der Waals surface area contributed by atoms with Gasteiger partial charge in [-0.1, -0.05) is 6.07 Å². The number of carboxylic acids is 1. The van der Waals surface area contributed by atoms with Crippen LogP contribution in [0.4, 0.5) is 0 Å². The van der Waals surface area contributed by atoms with E-state index in [1.165, 1.54) is 0 Å². The number of carbonyl (C=O) groups is 1. The van der Waals surface area contributed by atoms with Crippen molar-refractivity contribution in [3.05, 3.63) is 47.3 Å². The molecule has 0 atom stereocenters. The highest BCUT2D eigenvalue weighted by Gasteiger charge is 2.12. The summed E-state index contributed by atoms with van der Waals surface area (Å²) in [5.41, 5.74) is 3.81. The summed E-state index contributed by atoms with van der Waals surface area (Å²) in [5, 5.41) is 9.23. The minimum Gasteiger partial charge on any atom is -0.492 e. The Morgan fingerprint density at radius 1 is 1.20 bits per heavy atom. The molecule has 0 bridgehead atoms. The molecule has 0 radical (unpaired) electrons. The van der Waals surface area contributed by atoms with Crippen molar-refractivity contribution in [2.45, 2.75) is 20.8 Å². The Kier molecular flexibility index (Phi) is 4.03. The second kappa shape index (κ2) is 5.74. The molecule has 104 valence electrons. The van der Waals surface area contributed by atoms with E-state index in [0.717, 1.165) is 22.3 Å². The summed E-state index contributed by atoms with van der Waals surface area (Å²) in [7, 11) is 0. The molecule has 4 nitrogen and oxygen atoms in total. The van der Waals surface area contributed by atoms with Gasteiger partial charge in [-0.15, -0.1) is 0 Å². The fraction of sp³-hybridized carbons (Fsp3) is 0.250. The maximum absolute atomic E-state index is 11.2. The molecule has 1 N–H and O–H groups in total.